The minimum atomic E-state index is -0.425. The van der Waals surface area contributed by atoms with Gasteiger partial charge in [-0.1, -0.05) is 0 Å². The number of nitrogens with zero attached hydrogens (tertiary/aromatic N) is 2. The molecule has 0 radical (unpaired) electrons. The number of fused-ring (bicyclic) bond motifs is 1. The molecule has 2 aromatic rings. The molecule has 0 unspecified atom stereocenters. The van der Waals surface area contributed by atoms with Gasteiger partial charge in [0.05, 0.1) is 18.3 Å². The van der Waals surface area contributed by atoms with Crippen LogP contribution in [0, 0.1) is 25.6 Å². The molecule has 0 bridgehead atoms. The molecule has 0 aliphatic carbocycles. The number of aromatic nitrogens is 2. The lowest BCUT2D eigenvalue weighted by Gasteiger charge is -2.08. The fourth-order valence-electron chi connectivity index (χ4n) is 1.47. The summed E-state index contributed by atoms with van der Waals surface area (Å²) in [6.45, 7) is 1.75. The van der Waals surface area contributed by atoms with Gasteiger partial charge in [-0.3, -0.25) is 0 Å². The van der Waals surface area contributed by atoms with Gasteiger partial charge in [0.1, 0.15) is 17.1 Å². The van der Waals surface area contributed by atoms with Gasteiger partial charge in [-0.05, 0) is 6.92 Å². The maximum absolute atomic E-state index is 13.2. The summed E-state index contributed by atoms with van der Waals surface area (Å²) in [4.78, 5) is 8.41. The molecule has 1 aromatic carbocycles. The molecule has 0 saturated carbocycles. The van der Waals surface area contributed by atoms with Crippen molar-refractivity contribution in [3.05, 3.63) is 23.6 Å². The number of hydrazine groups is 1. The molecule has 6 heteroatoms. The van der Waals surface area contributed by atoms with E-state index in [1.807, 2.05) is 0 Å². The average Bonchev–Trinajstić information content (AvgIpc) is 2.40. The lowest BCUT2D eigenvalue weighted by atomic mass is 10.2. The first-order valence-electron chi connectivity index (χ1n) is 4.97. The van der Waals surface area contributed by atoms with Crippen molar-refractivity contribution < 1.29 is 9.13 Å². The van der Waals surface area contributed by atoms with Crippen molar-refractivity contribution in [1.82, 2.24) is 9.97 Å². The van der Waals surface area contributed by atoms with E-state index in [-0.39, 0.29) is 0 Å². The van der Waals surface area contributed by atoms with E-state index in [1.165, 1.54) is 19.2 Å². The number of nitrogens with two attached hydrogens (primary N) is 1. The van der Waals surface area contributed by atoms with Crippen LogP contribution < -0.4 is 16.0 Å². The smallest absolute Gasteiger partial charge is 0.162 e. The van der Waals surface area contributed by atoms with E-state index in [2.05, 4.69) is 28.2 Å². The van der Waals surface area contributed by atoms with E-state index in [0.717, 1.165) is 0 Å². The van der Waals surface area contributed by atoms with Gasteiger partial charge in [0.25, 0.3) is 0 Å². The third-order valence-electron chi connectivity index (χ3n) is 2.23. The number of methoxy groups -OCH3 is 1. The summed E-state index contributed by atoms with van der Waals surface area (Å²) < 4.78 is 18.3. The number of ether oxygens (including phenoxy) is 1. The summed E-state index contributed by atoms with van der Waals surface area (Å²) in [5.74, 6) is 5.62. The highest BCUT2D eigenvalue weighted by Crippen LogP contribution is 2.25. The van der Waals surface area contributed by atoms with Gasteiger partial charge in [-0.15, -0.1) is 12.8 Å². The molecule has 0 saturated heterocycles. The van der Waals surface area contributed by atoms with Crippen LogP contribution in [0.3, 0.4) is 0 Å². The van der Waals surface area contributed by atoms with Gasteiger partial charge < -0.3 is 10.2 Å². The zero-order valence-electron chi connectivity index (χ0n) is 10.1. The van der Waals surface area contributed by atoms with Crippen LogP contribution in [0.4, 0.5) is 10.2 Å². The summed E-state index contributed by atoms with van der Waals surface area (Å²) in [6.07, 6.45) is 8.00. The van der Waals surface area contributed by atoms with Crippen molar-refractivity contribution in [3.63, 3.8) is 0 Å². The van der Waals surface area contributed by atoms with E-state index in [9.17, 15) is 4.39 Å². The largest absolute Gasteiger partial charge is 0.494 e. The normalized spacial score (nSPS) is 9.44. The third kappa shape index (κ3) is 2.47. The summed E-state index contributed by atoms with van der Waals surface area (Å²) in [5.41, 5.74) is 3.95. The van der Waals surface area contributed by atoms with Crippen molar-refractivity contribution in [2.24, 2.45) is 5.84 Å². The molecule has 0 amide bonds. The molecule has 0 spiro atoms. The van der Waals surface area contributed by atoms with Gasteiger partial charge in [-0.25, -0.2) is 20.2 Å². The Bertz CT molecular complexity index is 583. The Morgan fingerprint density at radius 2 is 2.00 bits per heavy atom. The van der Waals surface area contributed by atoms with E-state index < -0.39 is 5.82 Å². The summed E-state index contributed by atoms with van der Waals surface area (Å²) in [7, 11) is 1.46. The molecule has 0 atom stereocenters. The summed E-state index contributed by atoms with van der Waals surface area (Å²) in [6, 6.07) is 2.55. The van der Waals surface area contributed by atoms with Crippen LogP contribution in [0.5, 0.6) is 5.75 Å². The van der Waals surface area contributed by atoms with Crippen LogP contribution in [-0.2, 0) is 0 Å². The number of hydrogen-bond acceptors (Lipinski definition) is 5. The Morgan fingerprint density at radius 1 is 1.33 bits per heavy atom. The molecule has 5 nitrogen and oxygen atoms in total. The Kier molecular flexibility index (Phi) is 4.40. The lowest BCUT2D eigenvalue weighted by molar-refractivity contribution is 0.415. The van der Waals surface area contributed by atoms with Crippen LogP contribution in [0.15, 0.2) is 12.1 Å². The number of rotatable bonds is 2. The second-order valence-corrected chi connectivity index (χ2v) is 3.28. The van der Waals surface area contributed by atoms with Crippen molar-refractivity contribution in [2.75, 3.05) is 12.5 Å². The minimum absolute atomic E-state index is 0.356. The standard InChI is InChI=1S/C10H11FN4O.C2H2/c1-5-10(15-12)14-7-3-6(11)4-8(16-2)9(7)13-5;1-2/h3-4H,12H2,1-2H3,(H,14,15);1-2H. The number of benzene rings is 1. The van der Waals surface area contributed by atoms with Crippen LogP contribution in [0.2, 0.25) is 0 Å². The number of hydrogen-bond donors (Lipinski definition) is 2. The number of halogens is 1. The molecule has 0 aliphatic rings. The van der Waals surface area contributed by atoms with Crippen LogP contribution >= 0.6 is 0 Å². The molecule has 0 fully saturated rings. The average molecular weight is 248 g/mol. The first kappa shape index (κ1) is 13.7. The number of aryl methyl sites for hydroxylation is 1. The van der Waals surface area contributed by atoms with E-state index in [0.29, 0.717) is 28.3 Å². The highest BCUT2D eigenvalue weighted by Gasteiger charge is 2.10. The lowest BCUT2D eigenvalue weighted by Crippen LogP contribution is -2.11. The van der Waals surface area contributed by atoms with Crippen LogP contribution in [-0.4, -0.2) is 17.1 Å². The fraction of sp³-hybridized carbons (Fsp3) is 0.167. The Hall–Kier alpha value is -2.39. The van der Waals surface area contributed by atoms with Gasteiger partial charge >= 0.3 is 0 Å². The fourth-order valence-corrected chi connectivity index (χ4v) is 1.47. The quantitative estimate of drug-likeness (QED) is 0.480. The van der Waals surface area contributed by atoms with E-state index in [4.69, 9.17) is 10.6 Å². The van der Waals surface area contributed by atoms with Gasteiger partial charge in [-0.2, -0.15) is 0 Å². The number of nitrogens with one attached hydrogen (secondary N) is 1. The van der Waals surface area contributed by atoms with Crippen molar-refractivity contribution in [2.45, 2.75) is 6.92 Å². The molecule has 3 N–H and O–H groups in total. The van der Waals surface area contributed by atoms with Crippen LogP contribution in [0.1, 0.15) is 5.69 Å². The molecule has 94 valence electrons. The molecule has 18 heavy (non-hydrogen) atoms. The second-order valence-electron chi connectivity index (χ2n) is 3.28. The monoisotopic (exact) mass is 248 g/mol. The molecule has 0 aliphatic heterocycles. The molecule has 1 aromatic heterocycles. The predicted molar refractivity (Wildman–Crippen MR) is 68.5 cm³/mol. The molecule has 2 rings (SSSR count). The number of nitrogen functional groups attached to an aromatic ring is 1. The second kappa shape index (κ2) is 5.80. The highest BCUT2D eigenvalue weighted by atomic mass is 19.1. The Morgan fingerprint density at radius 3 is 2.56 bits per heavy atom. The van der Waals surface area contributed by atoms with Gasteiger partial charge in [0.2, 0.25) is 0 Å². The van der Waals surface area contributed by atoms with Crippen molar-refractivity contribution in [3.8, 4) is 18.6 Å². The van der Waals surface area contributed by atoms with Gasteiger partial charge in [0, 0.05) is 12.1 Å². The Balaban J connectivity index is 0.000000771. The van der Waals surface area contributed by atoms with Gasteiger partial charge in [0.15, 0.2) is 5.82 Å². The van der Waals surface area contributed by atoms with E-state index >= 15 is 0 Å². The van der Waals surface area contributed by atoms with Crippen molar-refractivity contribution >= 4 is 16.9 Å². The number of terminal acetylenes is 1. The first-order valence-corrected chi connectivity index (χ1v) is 4.97. The highest BCUT2D eigenvalue weighted by molar-refractivity contribution is 5.82. The zero-order chi connectivity index (χ0) is 13.7. The predicted octanol–water partition coefficient (Wildman–Crippen LogP) is 1.62. The molecular formula is C12H13FN4O. The topological polar surface area (TPSA) is 73.1 Å². The zero-order valence-corrected chi connectivity index (χ0v) is 10.1. The number of anilines is 1. The van der Waals surface area contributed by atoms with Crippen molar-refractivity contribution in [1.29, 1.82) is 0 Å². The maximum atomic E-state index is 13.2. The molecule has 1 heterocycles. The summed E-state index contributed by atoms with van der Waals surface area (Å²) >= 11 is 0. The molecular weight excluding hydrogens is 235 g/mol. The SMILES string of the molecule is C#C.COc1cc(F)cc2nc(NN)c(C)nc12. The minimum Gasteiger partial charge on any atom is -0.494 e. The summed E-state index contributed by atoms with van der Waals surface area (Å²) in [5, 5.41) is 0. The Labute approximate surface area is 104 Å². The maximum Gasteiger partial charge on any atom is 0.162 e. The van der Waals surface area contributed by atoms with Crippen LogP contribution in [0.25, 0.3) is 11.0 Å². The first-order chi connectivity index (χ1) is 8.65. The third-order valence-corrected chi connectivity index (χ3v) is 2.23. The van der Waals surface area contributed by atoms with E-state index in [1.54, 1.807) is 6.92 Å².